The SMILES string of the molecule is NCC(=O)NCc1ccc2cn[nH]c2c1. The Morgan fingerprint density at radius 1 is 1.53 bits per heavy atom. The van der Waals surface area contributed by atoms with E-state index >= 15 is 0 Å². The number of hydrogen-bond donors (Lipinski definition) is 3. The van der Waals surface area contributed by atoms with E-state index in [0.29, 0.717) is 6.54 Å². The van der Waals surface area contributed by atoms with Crippen LogP contribution in [-0.4, -0.2) is 22.6 Å². The van der Waals surface area contributed by atoms with Gasteiger partial charge in [-0.15, -0.1) is 0 Å². The second-order valence-corrected chi connectivity index (χ2v) is 3.27. The molecule has 0 aliphatic rings. The van der Waals surface area contributed by atoms with Crippen LogP contribution in [0.2, 0.25) is 0 Å². The molecule has 2 rings (SSSR count). The minimum atomic E-state index is -0.153. The summed E-state index contributed by atoms with van der Waals surface area (Å²) in [5, 5.41) is 10.6. The molecule has 0 spiro atoms. The largest absolute Gasteiger partial charge is 0.351 e. The Kier molecular flexibility index (Phi) is 2.64. The highest BCUT2D eigenvalue weighted by atomic mass is 16.1. The van der Waals surface area contributed by atoms with Gasteiger partial charge in [0.1, 0.15) is 0 Å². The first-order valence-electron chi connectivity index (χ1n) is 4.68. The lowest BCUT2D eigenvalue weighted by molar-refractivity contribution is -0.119. The molecule has 0 saturated carbocycles. The van der Waals surface area contributed by atoms with Gasteiger partial charge < -0.3 is 11.1 Å². The van der Waals surface area contributed by atoms with E-state index in [1.54, 1.807) is 6.20 Å². The van der Waals surface area contributed by atoms with Gasteiger partial charge in [-0.05, 0) is 11.6 Å². The molecule has 5 heteroatoms. The Bertz CT molecular complexity index is 477. The first-order valence-corrected chi connectivity index (χ1v) is 4.68. The average Bonchev–Trinajstić information content (AvgIpc) is 2.72. The van der Waals surface area contributed by atoms with E-state index < -0.39 is 0 Å². The Labute approximate surface area is 86.7 Å². The Balaban J connectivity index is 2.11. The summed E-state index contributed by atoms with van der Waals surface area (Å²) >= 11 is 0. The molecule has 1 amide bonds. The predicted octanol–water partition coefficient (Wildman–Crippen LogP) is 0.138. The highest BCUT2D eigenvalue weighted by Crippen LogP contribution is 2.12. The van der Waals surface area contributed by atoms with E-state index in [1.165, 1.54) is 0 Å². The highest BCUT2D eigenvalue weighted by Gasteiger charge is 2.00. The number of nitrogens with two attached hydrogens (primary N) is 1. The van der Waals surface area contributed by atoms with Crippen molar-refractivity contribution in [3.8, 4) is 0 Å². The molecule has 2 aromatic rings. The van der Waals surface area contributed by atoms with E-state index in [9.17, 15) is 4.79 Å². The number of carbonyl (C=O) groups is 1. The monoisotopic (exact) mass is 204 g/mol. The fourth-order valence-corrected chi connectivity index (χ4v) is 1.37. The van der Waals surface area contributed by atoms with Gasteiger partial charge in [0.15, 0.2) is 0 Å². The minimum absolute atomic E-state index is 0.0201. The second kappa shape index (κ2) is 4.10. The number of nitrogens with zero attached hydrogens (tertiary/aromatic N) is 1. The average molecular weight is 204 g/mol. The molecule has 0 radical (unpaired) electrons. The third kappa shape index (κ3) is 2.13. The second-order valence-electron chi connectivity index (χ2n) is 3.27. The molecule has 0 aliphatic heterocycles. The van der Waals surface area contributed by atoms with Crippen LogP contribution >= 0.6 is 0 Å². The smallest absolute Gasteiger partial charge is 0.234 e. The summed E-state index contributed by atoms with van der Waals surface area (Å²) < 4.78 is 0. The van der Waals surface area contributed by atoms with Crippen molar-refractivity contribution in [3.05, 3.63) is 30.0 Å². The van der Waals surface area contributed by atoms with Crippen molar-refractivity contribution in [1.29, 1.82) is 0 Å². The van der Waals surface area contributed by atoms with E-state index in [2.05, 4.69) is 15.5 Å². The molecule has 5 nitrogen and oxygen atoms in total. The molecule has 1 aromatic heterocycles. The van der Waals surface area contributed by atoms with E-state index in [-0.39, 0.29) is 12.5 Å². The summed E-state index contributed by atoms with van der Waals surface area (Å²) in [4.78, 5) is 10.9. The molecule has 78 valence electrons. The number of nitrogens with one attached hydrogen (secondary N) is 2. The van der Waals surface area contributed by atoms with Gasteiger partial charge >= 0.3 is 0 Å². The Morgan fingerprint density at radius 2 is 2.40 bits per heavy atom. The molecule has 0 saturated heterocycles. The zero-order valence-corrected chi connectivity index (χ0v) is 8.16. The number of benzene rings is 1. The van der Waals surface area contributed by atoms with Crippen LogP contribution in [0.3, 0.4) is 0 Å². The number of aromatic amines is 1. The van der Waals surface area contributed by atoms with Crippen LogP contribution < -0.4 is 11.1 Å². The van der Waals surface area contributed by atoms with Crippen LogP contribution in [0.1, 0.15) is 5.56 Å². The summed E-state index contributed by atoms with van der Waals surface area (Å²) in [6, 6.07) is 5.87. The quantitative estimate of drug-likeness (QED) is 0.664. The lowest BCUT2D eigenvalue weighted by Crippen LogP contribution is -2.29. The number of hydrogen-bond acceptors (Lipinski definition) is 3. The number of amides is 1. The fourth-order valence-electron chi connectivity index (χ4n) is 1.37. The molecular formula is C10H12N4O. The van der Waals surface area contributed by atoms with Gasteiger partial charge in [0.05, 0.1) is 18.3 Å². The van der Waals surface area contributed by atoms with Crippen molar-refractivity contribution in [1.82, 2.24) is 15.5 Å². The van der Waals surface area contributed by atoms with Crippen molar-refractivity contribution in [2.45, 2.75) is 6.54 Å². The molecule has 0 fully saturated rings. The van der Waals surface area contributed by atoms with Crippen molar-refractivity contribution < 1.29 is 4.79 Å². The maximum absolute atomic E-state index is 10.9. The Morgan fingerprint density at radius 3 is 3.20 bits per heavy atom. The first-order chi connectivity index (χ1) is 7.29. The van der Waals surface area contributed by atoms with Crippen molar-refractivity contribution >= 4 is 16.8 Å². The highest BCUT2D eigenvalue weighted by molar-refractivity contribution is 5.79. The molecule has 1 aromatic carbocycles. The number of H-pyrrole nitrogens is 1. The van der Waals surface area contributed by atoms with Gasteiger partial charge in [-0.1, -0.05) is 12.1 Å². The summed E-state index contributed by atoms with van der Waals surface area (Å²) in [5.41, 5.74) is 7.17. The van der Waals surface area contributed by atoms with E-state index in [4.69, 9.17) is 5.73 Å². The molecule has 0 aliphatic carbocycles. The fraction of sp³-hybridized carbons (Fsp3) is 0.200. The van der Waals surface area contributed by atoms with Crippen LogP contribution in [-0.2, 0) is 11.3 Å². The van der Waals surface area contributed by atoms with Gasteiger partial charge in [-0.25, -0.2) is 0 Å². The summed E-state index contributed by atoms with van der Waals surface area (Å²) in [7, 11) is 0. The summed E-state index contributed by atoms with van der Waals surface area (Å²) in [6.07, 6.45) is 1.76. The standard InChI is InChI=1S/C10H12N4O/c11-4-10(15)12-5-7-1-2-8-6-13-14-9(8)3-7/h1-3,6H,4-5,11H2,(H,12,15)(H,13,14). The van der Waals surface area contributed by atoms with Crippen molar-refractivity contribution in [3.63, 3.8) is 0 Å². The summed E-state index contributed by atoms with van der Waals surface area (Å²) in [6.45, 7) is 0.511. The van der Waals surface area contributed by atoms with Gasteiger partial charge in [0.2, 0.25) is 5.91 Å². The zero-order chi connectivity index (χ0) is 10.7. The number of aromatic nitrogens is 2. The molecule has 0 atom stereocenters. The third-order valence-corrected chi connectivity index (χ3v) is 2.18. The zero-order valence-electron chi connectivity index (χ0n) is 8.16. The minimum Gasteiger partial charge on any atom is -0.351 e. The number of rotatable bonds is 3. The van der Waals surface area contributed by atoms with Gasteiger partial charge in [0.25, 0.3) is 0 Å². The van der Waals surface area contributed by atoms with Crippen LogP contribution in [0, 0.1) is 0 Å². The molecule has 4 N–H and O–H groups in total. The lowest BCUT2D eigenvalue weighted by atomic mass is 10.1. The molecule has 0 bridgehead atoms. The summed E-state index contributed by atoms with van der Waals surface area (Å²) in [5.74, 6) is -0.153. The van der Waals surface area contributed by atoms with Crippen molar-refractivity contribution in [2.75, 3.05) is 6.54 Å². The van der Waals surface area contributed by atoms with Gasteiger partial charge in [-0.3, -0.25) is 9.89 Å². The topological polar surface area (TPSA) is 83.8 Å². The van der Waals surface area contributed by atoms with Crippen LogP contribution in [0.25, 0.3) is 10.9 Å². The van der Waals surface area contributed by atoms with Crippen LogP contribution in [0.15, 0.2) is 24.4 Å². The van der Waals surface area contributed by atoms with Gasteiger partial charge in [0, 0.05) is 11.9 Å². The van der Waals surface area contributed by atoms with E-state index in [1.807, 2.05) is 18.2 Å². The Hall–Kier alpha value is -1.88. The van der Waals surface area contributed by atoms with Crippen LogP contribution in [0.4, 0.5) is 0 Å². The maximum atomic E-state index is 10.9. The van der Waals surface area contributed by atoms with Gasteiger partial charge in [-0.2, -0.15) is 5.10 Å². The normalized spacial score (nSPS) is 10.5. The molecular weight excluding hydrogens is 192 g/mol. The number of fused-ring (bicyclic) bond motifs is 1. The first kappa shape index (κ1) is 9.67. The van der Waals surface area contributed by atoms with Crippen LogP contribution in [0.5, 0.6) is 0 Å². The third-order valence-electron chi connectivity index (χ3n) is 2.18. The predicted molar refractivity (Wildman–Crippen MR) is 57.0 cm³/mol. The molecule has 15 heavy (non-hydrogen) atoms. The van der Waals surface area contributed by atoms with Crippen molar-refractivity contribution in [2.24, 2.45) is 5.73 Å². The van der Waals surface area contributed by atoms with E-state index in [0.717, 1.165) is 16.5 Å². The molecule has 0 unspecified atom stereocenters. The molecule has 1 heterocycles. The maximum Gasteiger partial charge on any atom is 0.234 e. The number of carbonyl (C=O) groups excluding carboxylic acids is 1. The lowest BCUT2D eigenvalue weighted by Gasteiger charge is -2.03.